The molecule has 5 nitrogen and oxygen atoms in total. The number of hydrogen-bond acceptors (Lipinski definition) is 3. The number of fused-ring (bicyclic) bond motifs is 1. The summed E-state index contributed by atoms with van der Waals surface area (Å²) in [6.45, 7) is 0. The standard InChI is InChI=1S/C13H11BrN4O/c1-17-5-4-11(16-17)6-9-7-15-12-3-2-10(14)8-18(12)13(9)19/h2-5,7-8H,6H2,1H3. The summed E-state index contributed by atoms with van der Waals surface area (Å²) in [6, 6.07) is 5.56. The van der Waals surface area contributed by atoms with Crippen LogP contribution in [0.2, 0.25) is 0 Å². The van der Waals surface area contributed by atoms with Crippen LogP contribution in [0.5, 0.6) is 0 Å². The molecule has 0 N–H and O–H groups in total. The summed E-state index contributed by atoms with van der Waals surface area (Å²) >= 11 is 3.36. The van der Waals surface area contributed by atoms with E-state index < -0.39 is 0 Å². The van der Waals surface area contributed by atoms with Crippen LogP contribution in [0.1, 0.15) is 11.3 Å². The zero-order valence-corrected chi connectivity index (χ0v) is 11.8. The van der Waals surface area contributed by atoms with E-state index in [4.69, 9.17) is 0 Å². The van der Waals surface area contributed by atoms with Gasteiger partial charge in [0.1, 0.15) is 5.65 Å². The van der Waals surface area contributed by atoms with Gasteiger partial charge in [0.05, 0.1) is 5.69 Å². The highest BCUT2D eigenvalue weighted by molar-refractivity contribution is 9.10. The molecule has 0 unspecified atom stereocenters. The second-order valence-corrected chi connectivity index (χ2v) is 5.24. The Bertz CT molecular complexity index is 806. The van der Waals surface area contributed by atoms with Gasteiger partial charge in [-0.25, -0.2) is 4.98 Å². The van der Waals surface area contributed by atoms with Crippen LogP contribution >= 0.6 is 15.9 Å². The van der Waals surface area contributed by atoms with E-state index >= 15 is 0 Å². The minimum Gasteiger partial charge on any atom is -0.276 e. The minimum absolute atomic E-state index is 0.0584. The van der Waals surface area contributed by atoms with Gasteiger partial charge in [-0.15, -0.1) is 0 Å². The summed E-state index contributed by atoms with van der Waals surface area (Å²) in [6.07, 6.45) is 5.70. The van der Waals surface area contributed by atoms with E-state index in [1.165, 1.54) is 0 Å². The second-order valence-electron chi connectivity index (χ2n) is 4.32. The Kier molecular flexibility index (Phi) is 2.94. The fourth-order valence-electron chi connectivity index (χ4n) is 1.96. The van der Waals surface area contributed by atoms with Crippen molar-refractivity contribution in [3.05, 3.63) is 62.9 Å². The molecule has 96 valence electrons. The number of halogens is 1. The van der Waals surface area contributed by atoms with Gasteiger partial charge < -0.3 is 0 Å². The lowest BCUT2D eigenvalue weighted by molar-refractivity contribution is 0.747. The molecule has 0 aliphatic carbocycles. The number of aromatic nitrogens is 4. The topological polar surface area (TPSA) is 52.2 Å². The maximum absolute atomic E-state index is 12.4. The lowest BCUT2D eigenvalue weighted by Gasteiger charge is -2.03. The third-order valence-corrected chi connectivity index (χ3v) is 3.35. The number of nitrogens with zero attached hydrogens (tertiary/aromatic N) is 4. The van der Waals surface area contributed by atoms with E-state index in [0.29, 0.717) is 17.6 Å². The summed E-state index contributed by atoms with van der Waals surface area (Å²) in [5.74, 6) is 0. The molecule has 0 fully saturated rings. The van der Waals surface area contributed by atoms with E-state index in [1.807, 2.05) is 25.4 Å². The molecule has 0 saturated carbocycles. The van der Waals surface area contributed by atoms with Crippen LogP contribution in [0.3, 0.4) is 0 Å². The van der Waals surface area contributed by atoms with E-state index in [9.17, 15) is 4.79 Å². The van der Waals surface area contributed by atoms with Crippen molar-refractivity contribution in [1.29, 1.82) is 0 Å². The van der Waals surface area contributed by atoms with E-state index in [0.717, 1.165) is 10.2 Å². The van der Waals surface area contributed by atoms with Gasteiger partial charge in [-0.1, -0.05) is 0 Å². The normalized spacial score (nSPS) is 11.1. The predicted octanol–water partition coefficient (Wildman–Crippen LogP) is 1.78. The Morgan fingerprint density at radius 2 is 2.16 bits per heavy atom. The van der Waals surface area contributed by atoms with Crippen LogP contribution in [0, 0.1) is 0 Å². The molecule has 0 aromatic carbocycles. The van der Waals surface area contributed by atoms with Gasteiger partial charge in [0.2, 0.25) is 0 Å². The van der Waals surface area contributed by atoms with E-state index in [1.54, 1.807) is 27.5 Å². The van der Waals surface area contributed by atoms with Crippen molar-refractivity contribution in [2.45, 2.75) is 6.42 Å². The first-order chi connectivity index (χ1) is 9.13. The Hall–Kier alpha value is -1.95. The van der Waals surface area contributed by atoms with Crippen LogP contribution in [-0.4, -0.2) is 19.2 Å². The van der Waals surface area contributed by atoms with Crippen LogP contribution in [0.25, 0.3) is 5.65 Å². The Morgan fingerprint density at radius 1 is 1.32 bits per heavy atom. The van der Waals surface area contributed by atoms with Crippen molar-refractivity contribution in [3.8, 4) is 0 Å². The SMILES string of the molecule is Cn1ccc(Cc2cnc3ccc(Br)cn3c2=O)n1. The Labute approximate surface area is 117 Å². The first-order valence-electron chi connectivity index (χ1n) is 5.78. The maximum Gasteiger partial charge on any atom is 0.261 e. The van der Waals surface area contributed by atoms with E-state index in [-0.39, 0.29) is 5.56 Å². The molecule has 6 heteroatoms. The number of rotatable bonds is 2. The monoisotopic (exact) mass is 318 g/mol. The lowest BCUT2D eigenvalue weighted by Crippen LogP contribution is -2.19. The van der Waals surface area contributed by atoms with E-state index in [2.05, 4.69) is 26.0 Å². The van der Waals surface area contributed by atoms with Crippen molar-refractivity contribution in [2.24, 2.45) is 7.05 Å². The fourth-order valence-corrected chi connectivity index (χ4v) is 2.30. The first-order valence-corrected chi connectivity index (χ1v) is 6.57. The van der Waals surface area contributed by atoms with Gasteiger partial charge in [-0.3, -0.25) is 13.9 Å². The quantitative estimate of drug-likeness (QED) is 0.723. The average molecular weight is 319 g/mol. The number of hydrogen-bond donors (Lipinski definition) is 0. The second kappa shape index (κ2) is 4.62. The van der Waals surface area contributed by atoms with Crippen LogP contribution in [0.4, 0.5) is 0 Å². The van der Waals surface area contributed by atoms with Crippen molar-refractivity contribution in [1.82, 2.24) is 19.2 Å². The fraction of sp³-hybridized carbons (Fsp3) is 0.154. The lowest BCUT2D eigenvalue weighted by atomic mass is 10.2. The highest BCUT2D eigenvalue weighted by Gasteiger charge is 2.07. The van der Waals surface area contributed by atoms with Gasteiger partial charge in [0, 0.05) is 42.1 Å². The summed E-state index contributed by atoms with van der Waals surface area (Å²) < 4.78 is 4.11. The molecule has 0 bridgehead atoms. The molecule has 3 rings (SSSR count). The highest BCUT2D eigenvalue weighted by Crippen LogP contribution is 2.10. The van der Waals surface area contributed by atoms with Crippen molar-refractivity contribution in [3.63, 3.8) is 0 Å². The first kappa shape index (κ1) is 12.1. The number of aryl methyl sites for hydroxylation is 1. The minimum atomic E-state index is -0.0584. The van der Waals surface area contributed by atoms with Crippen LogP contribution in [-0.2, 0) is 13.5 Å². The highest BCUT2D eigenvalue weighted by atomic mass is 79.9. The zero-order valence-electron chi connectivity index (χ0n) is 10.2. The van der Waals surface area contributed by atoms with Gasteiger partial charge in [-0.05, 0) is 34.1 Å². The molecule has 0 radical (unpaired) electrons. The third kappa shape index (κ3) is 2.31. The molecule has 3 aromatic heterocycles. The Balaban J connectivity index is 2.09. The van der Waals surface area contributed by atoms with Crippen molar-refractivity contribution in [2.75, 3.05) is 0 Å². The van der Waals surface area contributed by atoms with Gasteiger partial charge in [-0.2, -0.15) is 5.10 Å². The van der Waals surface area contributed by atoms with Crippen molar-refractivity contribution < 1.29 is 0 Å². The molecule has 0 aliphatic heterocycles. The van der Waals surface area contributed by atoms with Gasteiger partial charge >= 0.3 is 0 Å². The molecule has 0 saturated heterocycles. The molecular weight excluding hydrogens is 308 g/mol. The molecule has 0 aliphatic rings. The molecule has 0 spiro atoms. The smallest absolute Gasteiger partial charge is 0.261 e. The molecule has 0 amide bonds. The zero-order chi connectivity index (χ0) is 13.4. The van der Waals surface area contributed by atoms with Gasteiger partial charge in [0.15, 0.2) is 0 Å². The third-order valence-electron chi connectivity index (χ3n) is 2.88. The molecule has 3 aromatic rings. The predicted molar refractivity (Wildman–Crippen MR) is 75.2 cm³/mol. The van der Waals surface area contributed by atoms with Crippen molar-refractivity contribution >= 4 is 21.6 Å². The largest absolute Gasteiger partial charge is 0.276 e. The van der Waals surface area contributed by atoms with Crippen LogP contribution < -0.4 is 5.56 Å². The molecule has 0 atom stereocenters. The van der Waals surface area contributed by atoms with Gasteiger partial charge in [0.25, 0.3) is 5.56 Å². The number of pyridine rings is 1. The summed E-state index contributed by atoms with van der Waals surface area (Å²) in [7, 11) is 1.85. The summed E-state index contributed by atoms with van der Waals surface area (Å²) in [4.78, 5) is 16.7. The maximum atomic E-state index is 12.4. The molecular formula is C13H11BrN4O. The molecule has 19 heavy (non-hydrogen) atoms. The Morgan fingerprint density at radius 3 is 2.89 bits per heavy atom. The summed E-state index contributed by atoms with van der Waals surface area (Å²) in [5.41, 5.74) is 2.07. The average Bonchev–Trinajstić information content (AvgIpc) is 2.79. The molecule has 3 heterocycles. The van der Waals surface area contributed by atoms with Crippen LogP contribution in [0.15, 0.2) is 46.1 Å². The summed E-state index contributed by atoms with van der Waals surface area (Å²) in [5, 5.41) is 4.28.